The predicted molar refractivity (Wildman–Crippen MR) is 188 cm³/mol. The number of likely N-dealkylation sites (tertiary alicyclic amines) is 1. The molecule has 0 saturated carbocycles. The van der Waals surface area contributed by atoms with E-state index < -0.39 is 29.0 Å². The van der Waals surface area contributed by atoms with Gasteiger partial charge < -0.3 is 19.3 Å². The lowest BCUT2D eigenvalue weighted by molar-refractivity contribution is -0.141. The predicted octanol–water partition coefficient (Wildman–Crippen LogP) is 8.37. The lowest BCUT2D eigenvalue weighted by Gasteiger charge is -2.34. The van der Waals surface area contributed by atoms with Crippen LogP contribution < -0.4 is 4.90 Å². The number of piperidine rings is 1. The first kappa shape index (κ1) is 35.9. The van der Waals surface area contributed by atoms with Gasteiger partial charge in [0.15, 0.2) is 11.5 Å². The van der Waals surface area contributed by atoms with Crippen molar-refractivity contribution in [2.24, 2.45) is 0 Å². The number of nitrogens with zero attached hydrogens (tertiary/aromatic N) is 5. The van der Waals surface area contributed by atoms with Gasteiger partial charge in [0.1, 0.15) is 11.2 Å². The molecule has 4 aromatic rings. The average Bonchev–Trinajstić information content (AvgIpc) is 3.73. The number of aromatic nitrogens is 3. The number of alkyl halides is 3. The zero-order chi connectivity index (χ0) is 36.5. The van der Waals surface area contributed by atoms with Crippen molar-refractivity contribution in [2.45, 2.75) is 84.5 Å². The number of ether oxygens (including phenoxy) is 2. The van der Waals surface area contributed by atoms with Gasteiger partial charge in [-0.3, -0.25) is 0 Å². The minimum atomic E-state index is -4.85. The minimum Gasteiger partial charge on any atom is -0.462 e. The molecule has 4 heterocycles. The van der Waals surface area contributed by atoms with Crippen molar-refractivity contribution in [2.75, 3.05) is 31.1 Å². The van der Waals surface area contributed by atoms with Gasteiger partial charge in [-0.25, -0.2) is 19.3 Å². The van der Waals surface area contributed by atoms with Gasteiger partial charge in [-0.15, -0.1) is 0 Å². The third-order valence-corrected chi connectivity index (χ3v) is 9.36. The Morgan fingerprint density at radius 3 is 2.39 bits per heavy atom. The number of esters is 1. The van der Waals surface area contributed by atoms with Gasteiger partial charge in [0.2, 0.25) is 0 Å². The van der Waals surface area contributed by atoms with Crippen LogP contribution in [0.4, 0.5) is 23.7 Å². The molecule has 6 rings (SSSR count). The molecule has 270 valence electrons. The maximum absolute atomic E-state index is 13.8. The van der Waals surface area contributed by atoms with Gasteiger partial charge in [0.05, 0.1) is 12.3 Å². The van der Waals surface area contributed by atoms with E-state index in [1.807, 2.05) is 43.9 Å². The Labute approximate surface area is 296 Å². The third kappa shape index (κ3) is 7.89. The number of aryl methyl sites for hydroxylation is 1. The van der Waals surface area contributed by atoms with Crippen molar-refractivity contribution < 1.29 is 32.2 Å². The van der Waals surface area contributed by atoms with E-state index in [0.29, 0.717) is 31.2 Å². The van der Waals surface area contributed by atoms with Gasteiger partial charge in [0.25, 0.3) is 0 Å². The Hall–Kier alpha value is -4.87. The van der Waals surface area contributed by atoms with Crippen LogP contribution in [-0.2, 0) is 35.0 Å². The quantitative estimate of drug-likeness (QED) is 0.170. The maximum Gasteiger partial charge on any atom is 0.436 e. The molecule has 1 fully saturated rings. The van der Waals surface area contributed by atoms with Crippen LogP contribution in [0.5, 0.6) is 0 Å². The number of benzene rings is 2. The largest absolute Gasteiger partial charge is 0.462 e. The van der Waals surface area contributed by atoms with Crippen LogP contribution in [0.1, 0.15) is 91.7 Å². The summed E-state index contributed by atoms with van der Waals surface area (Å²) < 4.78 is 52.9. The zero-order valence-corrected chi connectivity index (χ0v) is 29.7. The smallest absolute Gasteiger partial charge is 0.436 e. The summed E-state index contributed by atoms with van der Waals surface area (Å²) >= 11 is 0. The summed E-state index contributed by atoms with van der Waals surface area (Å²) in [6.45, 7) is 12.1. The van der Waals surface area contributed by atoms with Crippen molar-refractivity contribution in [3.63, 3.8) is 0 Å². The minimum absolute atomic E-state index is 0.0642. The Kier molecular flexibility index (Phi) is 10.1. The van der Waals surface area contributed by atoms with E-state index in [0.717, 1.165) is 54.4 Å². The number of hydrogen-bond acceptors (Lipinski definition) is 7. The lowest BCUT2D eigenvalue weighted by Crippen LogP contribution is -2.41. The summed E-state index contributed by atoms with van der Waals surface area (Å²) in [5.41, 5.74) is 5.01. The number of anilines is 1. The highest BCUT2D eigenvalue weighted by Crippen LogP contribution is 2.40. The standard InChI is InChI=1S/C39H44F3N5O4/c1-6-26-22-25(14-15-29(26)27-16-19-45(20-17-27)37(49)51-38(3,4)5)23-46-21-18-28-10-8-11-30(34(28)46)32-12-9-13-33(43-32)47-24-31(36(48)50-7-2)35(44-47)39(40,41)42/h8-15,22,24,27H,6-7,16-21,23H2,1-5H3. The molecule has 0 unspecified atom stereocenters. The van der Waals surface area contributed by atoms with Crippen molar-refractivity contribution in [1.82, 2.24) is 19.7 Å². The topological polar surface area (TPSA) is 89.8 Å². The number of carbonyl (C=O) groups is 2. The molecule has 9 nitrogen and oxygen atoms in total. The summed E-state index contributed by atoms with van der Waals surface area (Å²) in [7, 11) is 0. The molecule has 0 N–H and O–H groups in total. The summed E-state index contributed by atoms with van der Waals surface area (Å²) in [4.78, 5) is 33.8. The molecule has 2 aliphatic heterocycles. The Balaban J connectivity index is 1.22. The van der Waals surface area contributed by atoms with Crippen LogP contribution >= 0.6 is 0 Å². The van der Waals surface area contributed by atoms with Gasteiger partial charge in [0, 0.05) is 43.6 Å². The van der Waals surface area contributed by atoms with Gasteiger partial charge >= 0.3 is 18.2 Å². The number of pyridine rings is 1. The van der Waals surface area contributed by atoms with E-state index in [4.69, 9.17) is 14.5 Å². The van der Waals surface area contributed by atoms with Crippen LogP contribution in [0.3, 0.4) is 0 Å². The molecule has 0 spiro atoms. The van der Waals surface area contributed by atoms with E-state index in [1.165, 1.54) is 29.2 Å². The molecule has 0 bridgehead atoms. The number of hydrogen-bond donors (Lipinski definition) is 0. The summed E-state index contributed by atoms with van der Waals surface area (Å²) in [6, 6.07) is 17.9. The fourth-order valence-electron chi connectivity index (χ4n) is 7.04. The van der Waals surface area contributed by atoms with E-state index >= 15 is 0 Å². The van der Waals surface area contributed by atoms with E-state index in [1.54, 1.807) is 12.1 Å². The summed E-state index contributed by atoms with van der Waals surface area (Å²) in [5.74, 6) is -0.567. The molecule has 0 radical (unpaired) electrons. The number of fused-ring (bicyclic) bond motifs is 1. The molecule has 0 aliphatic carbocycles. The van der Waals surface area contributed by atoms with Gasteiger partial charge in [-0.1, -0.05) is 49.4 Å². The van der Waals surface area contributed by atoms with Crippen LogP contribution in [0.25, 0.3) is 17.1 Å². The molecule has 12 heteroatoms. The fourth-order valence-corrected chi connectivity index (χ4v) is 7.04. The molecule has 51 heavy (non-hydrogen) atoms. The first-order valence-electron chi connectivity index (χ1n) is 17.5. The van der Waals surface area contributed by atoms with Crippen LogP contribution in [0, 0.1) is 0 Å². The number of halogens is 3. The maximum atomic E-state index is 13.8. The van der Waals surface area contributed by atoms with Gasteiger partial charge in [-0.05, 0) is 93.7 Å². The Morgan fingerprint density at radius 1 is 0.961 bits per heavy atom. The first-order valence-corrected chi connectivity index (χ1v) is 17.5. The van der Waals surface area contributed by atoms with Crippen molar-refractivity contribution in [3.8, 4) is 17.1 Å². The monoisotopic (exact) mass is 703 g/mol. The molecule has 0 atom stereocenters. The number of para-hydroxylation sites is 1. The van der Waals surface area contributed by atoms with E-state index in [-0.39, 0.29) is 18.5 Å². The lowest BCUT2D eigenvalue weighted by atomic mass is 9.85. The fraction of sp³-hybridized carbons (Fsp3) is 0.436. The highest BCUT2D eigenvalue weighted by Gasteiger charge is 2.40. The Bertz CT molecular complexity index is 1910. The SMILES string of the molecule is CCOC(=O)c1cn(-c2cccc(-c3cccc4c3N(Cc3ccc(C5CCN(C(=O)OC(C)(C)C)CC5)c(CC)c3)CC4)n2)nc1C(F)(F)F. The molecular weight excluding hydrogens is 659 g/mol. The number of carbonyl (C=O) groups excluding carboxylic acids is 2. The second kappa shape index (κ2) is 14.4. The van der Waals surface area contributed by atoms with E-state index in [9.17, 15) is 22.8 Å². The van der Waals surface area contributed by atoms with Gasteiger partial charge in [-0.2, -0.15) is 18.3 Å². The molecule has 1 amide bonds. The molecule has 1 saturated heterocycles. The van der Waals surface area contributed by atoms with Crippen LogP contribution in [0.2, 0.25) is 0 Å². The normalized spacial score (nSPS) is 15.2. The highest BCUT2D eigenvalue weighted by molar-refractivity contribution is 5.90. The number of amides is 1. The van der Waals surface area contributed by atoms with Crippen molar-refractivity contribution in [1.29, 1.82) is 0 Å². The second-order valence-corrected chi connectivity index (χ2v) is 14.0. The summed E-state index contributed by atoms with van der Waals surface area (Å²) in [5, 5.41) is 3.71. The van der Waals surface area contributed by atoms with Crippen LogP contribution in [-0.4, -0.2) is 63.6 Å². The third-order valence-electron chi connectivity index (χ3n) is 9.36. The average molecular weight is 704 g/mol. The van der Waals surface area contributed by atoms with Crippen molar-refractivity contribution >= 4 is 17.7 Å². The Morgan fingerprint density at radius 2 is 1.71 bits per heavy atom. The summed E-state index contributed by atoms with van der Waals surface area (Å²) in [6.07, 6.45) is -0.542. The second-order valence-electron chi connectivity index (χ2n) is 14.0. The first-order chi connectivity index (χ1) is 24.3. The molecule has 2 aromatic carbocycles. The molecule has 2 aromatic heterocycles. The van der Waals surface area contributed by atoms with Crippen molar-refractivity contribution in [3.05, 3.63) is 94.3 Å². The molecular formula is C39H44F3N5O4. The van der Waals surface area contributed by atoms with Crippen LogP contribution in [0.15, 0.2) is 60.8 Å². The molecule has 2 aliphatic rings. The van der Waals surface area contributed by atoms with E-state index in [2.05, 4.69) is 41.2 Å². The number of rotatable bonds is 8. The zero-order valence-electron chi connectivity index (χ0n) is 29.7. The highest BCUT2D eigenvalue weighted by atomic mass is 19.4.